The fraction of sp³-hybridized carbons (Fsp3) is 0.373. The molecule has 4 bridgehead atoms. The highest BCUT2D eigenvalue weighted by molar-refractivity contribution is 6.05. The number of aromatic amines is 2. The fourth-order valence-corrected chi connectivity index (χ4v) is 10.3. The minimum absolute atomic E-state index is 0.0284. The number of rotatable bonds is 6. The van der Waals surface area contributed by atoms with Gasteiger partial charge in [-0.05, 0) is 133 Å². The first-order chi connectivity index (χ1) is 30.1. The zero-order valence-corrected chi connectivity index (χ0v) is 34.8. The van der Waals surface area contributed by atoms with Gasteiger partial charge in [0.25, 0.3) is 0 Å². The van der Waals surface area contributed by atoms with Crippen LogP contribution < -0.4 is 10.1 Å². The minimum atomic E-state index is -1.36. The summed E-state index contributed by atoms with van der Waals surface area (Å²) in [7, 11) is 0. The first kappa shape index (κ1) is 41.5. The normalized spacial score (nSPS) is 24.3. The van der Waals surface area contributed by atoms with Crippen LogP contribution in [0, 0.1) is 11.8 Å². The molecule has 11 nitrogen and oxygen atoms in total. The van der Waals surface area contributed by atoms with Crippen LogP contribution in [0.2, 0.25) is 0 Å². The second kappa shape index (κ2) is 17.5. The maximum absolute atomic E-state index is 15.4. The number of aromatic nitrogens is 2. The topological polar surface area (TPSA) is 188 Å². The van der Waals surface area contributed by atoms with Crippen molar-refractivity contribution in [3.8, 4) is 17.2 Å². The summed E-state index contributed by atoms with van der Waals surface area (Å²) < 4.78 is 6.36. The number of hydrogen-bond donors (Lipinski definition) is 8. The van der Waals surface area contributed by atoms with Crippen LogP contribution in [-0.4, -0.2) is 71.9 Å². The van der Waals surface area contributed by atoms with E-state index in [1.807, 2.05) is 60.9 Å². The summed E-state index contributed by atoms with van der Waals surface area (Å²) in [6.07, 6.45) is 13.3. The molecule has 3 aromatic carbocycles. The van der Waals surface area contributed by atoms with Gasteiger partial charge in [0.1, 0.15) is 23.5 Å². The monoisotopic (exact) mass is 837 g/mol. The summed E-state index contributed by atoms with van der Waals surface area (Å²) in [4.78, 5) is 36.6. The maximum Gasteiger partial charge on any atom is 0.163 e. The molecule has 5 atom stereocenters. The smallest absolute Gasteiger partial charge is 0.163 e. The summed E-state index contributed by atoms with van der Waals surface area (Å²) in [6, 6.07) is 20.4. The van der Waals surface area contributed by atoms with Crippen LogP contribution in [0.15, 0.2) is 90.8 Å². The number of fused-ring (bicyclic) bond motifs is 8. The zero-order valence-electron chi connectivity index (χ0n) is 34.8. The largest absolute Gasteiger partial charge is 0.507 e. The third-order valence-electron chi connectivity index (χ3n) is 13.6. The predicted octanol–water partition coefficient (Wildman–Crippen LogP) is 7.82. The third kappa shape index (κ3) is 8.36. The molecular formula is C51H55N3O8. The molecule has 0 radical (unpaired) electrons. The van der Waals surface area contributed by atoms with E-state index in [0.717, 1.165) is 65.0 Å². The van der Waals surface area contributed by atoms with Crippen molar-refractivity contribution < 1.29 is 39.9 Å². The fourth-order valence-electron chi connectivity index (χ4n) is 10.3. The van der Waals surface area contributed by atoms with Crippen molar-refractivity contribution in [2.24, 2.45) is 11.8 Å². The highest BCUT2D eigenvalue weighted by Gasteiger charge is 2.45. The molecule has 1 fully saturated rings. The lowest BCUT2D eigenvalue weighted by atomic mass is 9.67. The number of phenolic OH excluding ortho intramolecular Hbond substituents is 2. The average molecular weight is 838 g/mol. The van der Waals surface area contributed by atoms with Gasteiger partial charge in [0, 0.05) is 67.0 Å². The number of Topliss-reactive ketones (excluding diaryl/α,β-unsaturated/α-hetero) is 2. The van der Waals surface area contributed by atoms with Gasteiger partial charge >= 0.3 is 0 Å². The molecule has 0 saturated heterocycles. The van der Waals surface area contributed by atoms with Crippen LogP contribution in [0.1, 0.15) is 114 Å². The summed E-state index contributed by atoms with van der Waals surface area (Å²) >= 11 is 0. The van der Waals surface area contributed by atoms with Gasteiger partial charge in [-0.1, -0.05) is 48.6 Å². The number of ether oxygens (including phenoxy) is 1. The van der Waals surface area contributed by atoms with Gasteiger partial charge in [0.2, 0.25) is 0 Å². The molecule has 9 rings (SSSR count). The lowest BCUT2D eigenvalue weighted by Crippen LogP contribution is -2.40. The van der Waals surface area contributed by atoms with Crippen LogP contribution in [0.25, 0.3) is 12.2 Å². The quantitative estimate of drug-likeness (QED) is 0.0789. The molecule has 8 N–H and O–H groups in total. The van der Waals surface area contributed by atoms with Crippen LogP contribution in [0.4, 0.5) is 5.82 Å². The Morgan fingerprint density at radius 3 is 2.52 bits per heavy atom. The number of H-pyrrole nitrogens is 2. The summed E-state index contributed by atoms with van der Waals surface area (Å²) in [6.45, 7) is -0.125. The van der Waals surface area contributed by atoms with Gasteiger partial charge in [0.15, 0.2) is 17.3 Å². The zero-order chi connectivity index (χ0) is 43.0. The van der Waals surface area contributed by atoms with E-state index in [1.54, 1.807) is 36.4 Å². The van der Waals surface area contributed by atoms with Crippen molar-refractivity contribution in [3.05, 3.63) is 141 Å². The Bertz CT molecular complexity index is 2530. The Kier molecular flexibility index (Phi) is 11.7. The number of aryl methyl sites for hydroxylation is 2. The maximum atomic E-state index is 15.4. The van der Waals surface area contributed by atoms with Crippen molar-refractivity contribution in [1.82, 2.24) is 9.97 Å². The molecule has 3 heterocycles. The Labute approximate surface area is 361 Å². The summed E-state index contributed by atoms with van der Waals surface area (Å²) in [5.41, 5.74) is 6.10. The molecule has 322 valence electrons. The number of phenols is 2. The highest BCUT2D eigenvalue weighted by Crippen LogP contribution is 2.47. The van der Waals surface area contributed by atoms with Gasteiger partial charge in [-0.15, -0.1) is 0 Å². The molecule has 0 spiro atoms. The standard InChI is InChI=1S/C51H55N3O8/c55-22-17-39-44(57)12-11-31-25-40(48(59)45(26-31)62-36-8-1-2-9-36)47(58)33-7-3-5-30(23-33)24-34-15-20-53-50(34)54-29-35-27-42-38(16-21-52-42)41(46(35)49(39)60)28-51(61)18-13-32-6-4-10-43(56)37(32)14-19-51/h3-7,10,14-16,19-21,23,25-27,36,39,41,46-47,52-56,58-59,61H,1-2,8-9,11-13,17-18,22,24,28-29H2. The second-order valence-electron chi connectivity index (χ2n) is 17.7. The van der Waals surface area contributed by atoms with E-state index in [-0.39, 0.29) is 79.3 Å². The van der Waals surface area contributed by atoms with E-state index in [4.69, 9.17) is 4.74 Å². The van der Waals surface area contributed by atoms with E-state index in [1.165, 1.54) is 0 Å². The summed E-state index contributed by atoms with van der Waals surface area (Å²) in [5.74, 6) is -2.14. The number of nitrogens with one attached hydrogen (secondary N) is 3. The van der Waals surface area contributed by atoms with Crippen LogP contribution in [-0.2, 0) is 28.9 Å². The molecule has 62 heavy (non-hydrogen) atoms. The van der Waals surface area contributed by atoms with Gasteiger partial charge in [-0.2, -0.15) is 0 Å². The molecule has 1 saturated carbocycles. The lowest BCUT2D eigenvalue weighted by Gasteiger charge is -2.38. The number of ketones is 2. The Morgan fingerprint density at radius 2 is 1.68 bits per heavy atom. The molecule has 1 aliphatic heterocycles. The van der Waals surface area contributed by atoms with E-state index < -0.39 is 29.5 Å². The van der Waals surface area contributed by atoms with Gasteiger partial charge < -0.3 is 45.6 Å². The molecule has 11 heteroatoms. The summed E-state index contributed by atoms with van der Waals surface area (Å²) in [5, 5.41) is 60.6. The van der Waals surface area contributed by atoms with Crippen molar-refractivity contribution in [1.29, 1.82) is 0 Å². The van der Waals surface area contributed by atoms with Crippen LogP contribution in [0.5, 0.6) is 17.2 Å². The van der Waals surface area contributed by atoms with E-state index in [9.17, 15) is 30.3 Å². The van der Waals surface area contributed by atoms with E-state index in [0.29, 0.717) is 36.0 Å². The molecule has 2 aromatic heterocycles. The SMILES string of the molecule is O=C1CCc2cc(OC3CCCC3)c(O)c(c2)C(O)c2cccc(c2)Cc2cc[nH]c2NCC2=Cc3[nH]ccc3C(CC3(O)C=Cc4c(O)cccc4CC3)C2C(=O)C1CCO. The number of aliphatic hydroxyl groups excluding tert-OH is 2. The number of aromatic hydroxyl groups is 2. The van der Waals surface area contributed by atoms with Gasteiger partial charge in [0.05, 0.1) is 17.6 Å². The van der Waals surface area contributed by atoms with Crippen molar-refractivity contribution in [2.45, 2.75) is 94.4 Å². The van der Waals surface area contributed by atoms with Crippen LogP contribution in [0.3, 0.4) is 0 Å². The van der Waals surface area contributed by atoms with E-state index in [2.05, 4.69) is 15.3 Å². The number of anilines is 1. The molecular weight excluding hydrogens is 783 g/mol. The van der Waals surface area contributed by atoms with Gasteiger partial charge in [-0.25, -0.2) is 0 Å². The number of carbonyl (C=O) groups is 2. The second-order valence-corrected chi connectivity index (χ2v) is 17.7. The van der Waals surface area contributed by atoms with Gasteiger partial charge in [-0.3, -0.25) is 9.59 Å². The first-order valence-electron chi connectivity index (χ1n) is 22.0. The molecule has 5 aromatic rings. The molecule has 4 aliphatic rings. The Hall–Kier alpha value is -5.88. The van der Waals surface area contributed by atoms with Crippen molar-refractivity contribution >= 4 is 29.5 Å². The number of benzene rings is 3. The molecule has 0 amide bonds. The minimum Gasteiger partial charge on any atom is -0.507 e. The number of aliphatic hydroxyl groups is 3. The Morgan fingerprint density at radius 1 is 0.855 bits per heavy atom. The van der Waals surface area contributed by atoms with Crippen molar-refractivity contribution in [2.75, 3.05) is 18.5 Å². The van der Waals surface area contributed by atoms with E-state index >= 15 is 4.79 Å². The first-order valence-corrected chi connectivity index (χ1v) is 22.0. The Balaban J connectivity index is 1.12. The third-order valence-corrected chi connectivity index (χ3v) is 13.6. The van der Waals surface area contributed by atoms with Crippen LogP contribution >= 0.6 is 0 Å². The average Bonchev–Trinajstić information content (AvgIpc) is 4.05. The predicted molar refractivity (Wildman–Crippen MR) is 237 cm³/mol. The highest BCUT2D eigenvalue weighted by atomic mass is 16.5. The van der Waals surface area contributed by atoms with Crippen molar-refractivity contribution in [3.63, 3.8) is 0 Å². The number of hydrogen-bond acceptors (Lipinski definition) is 9. The number of carbonyl (C=O) groups excluding carboxylic acids is 2. The molecule has 3 aliphatic carbocycles. The molecule has 5 unspecified atom stereocenters. The lowest BCUT2D eigenvalue weighted by molar-refractivity contribution is -0.135.